The van der Waals surface area contributed by atoms with Crippen molar-refractivity contribution in [2.24, 2.45) is 5.41 Å². The van der Waals surface area contributed by atoms with Crippen LogP contribution >= 0.6 is 15.9 Å². The summed E-state index contributed by atoms with van der Waals surface area (Å²) < 4.78 is 5.85. The maximum Gasteiger partial charge on any atom is 0.311 e. The van der Waals surface area contributed by atoms with Crippen LogP contribution in [0.1, 0.15) is 48.9 Å². The Hall–Kier alpha value is -2.93. The van der Waals surface area contributed by atoms with Crippen molar-refractivity contribution >= 4 is 38.7 Å². The summed E-state index contributed by atoms with van der Waals surface area (Å²) >= 11 is 3.47. The monoisotopic (exact) mass is 508 g/mol. The van der Waals surface area contributed by atoms with Gasteiger partial charge in [0, 0.05) is 21.0 Å². The van der Waals surface area contributed by atoms with Crippen molar-refractivity contribution in [2.75, 3.05) is 7.11 Å². The second-order valence-corrected chi connectivity index (χ2v) is 10.1. The summed E-state index contributed by atoms with van der Waals surface area (Å²) in [6, 6.07) is 14.9. The van der Waals surface area contributed by atoms with Crippen LogP contribution in [0.15, 0.2) is 53.0 Å². The summed E-state index contributed by atoms with van der Waals surface area (Å²) in [5.41, 5.74) is 1.18. The van der Waals surface area contributed by atoms with Gasteiger partial charge in [-0.1, -0.05) is 46.3 Å². The molecule has 3 fully saturated rings. The van der Waals surface area contributed by atoms with Crippen LogP contribution < -0.4 is 5.32 Å². The standard InChI is InChI=1S/C26H25BrN2O4/c1-33-24(32)25-9-12-26(13-10-25,14-11-25)29-23(31)20-18-15-17(27)7-8-19(18)28-21(22(20)30)16-5-3-2-4-6-16/h2-8,15,30H,9-14H2,1H3,(H,29,31). The zero-order valence-corrected chi connectivity index (χ0v) is 19.9. The Bertz CT molecular complexity index is 1230. The van der Waals surface area contributed by atoms with E-state index in [4.69, 9.17) is 4.74 Å². The van der Waals surface area contributed by atoms with Gasteiger partial charge in [-0.2, -0.15) is 0 Å². The highest BCUT2D eigenvalue weighted by Crippen LogP contribution is 2.53. The first-order chi connectivity index (χ1) is 15.9. The van der Waals surface area contributed by atoms with Crippen molar-refractivity contribution in [2.45, 2.75) is 44.1 Å². The number of carbonyl (C=O) groups is 2. The van der Waals surface area contributed by atoms with Crippen molar-refractivity contribution in [1.82, 2.24) is 10.3 Å². The minimum Gasteiger partial charge on any atom is -0.505 e. The van der Waals surface area contributed by atoms with E-state index >= 15 is 0 Å². The number of amides is 1. The number of hydrogen-bond acceptors (Lipinski definition) is 5. The first kappa shape index (κ1) is 21.9. The molecular weight excluding hydrogens is 484 g/mol. The molecule has 3 aliphatic carbocycles. The summed E-state index contributed by atoms with van der Waals surface area (Å²) in [5.74, 6) is -0.587. The SMILES string of the molecule is COC(=O)C12CCC(NC(=O)c3c(O)c(-c4ccccc4)nc4ccc(Br)cc34)(CC1)CC2. The molecule has 0 radical (unpaired) electrons. The Kier molecular flexibility index (Phi) is 5.40. The topological polar surface area (TPSA) is 88.5 Å². The number of nitrogens with zero attached hydrogens (tertiary/aromatic N) is 1. The van der Waals surface area contributed by atoms with Gasteiger partial charge in [0.05, 0.1) is 23.6 Å². The molecule has 1 aromatic heterocycles. The number of ether oxygens (including phenoxy) is 1. The largest absolute Gasteiger partial charge is 0.505 e. The Morgan fingerprint density at radius 2 is 1.70 bits per heavy atom. The lowest BCUT2D eigenvalue weighted by molar-refractivity contribution is -0.160. The number of pyridine rings is 1. The van der Waals surface area contributed by atoms with Crippen molar-refractivity contribution < 1.29 is 19.4 Å². The Morgan fingerprint density at radius 3 is 2.33 bits per heavy atom. The van der Waals surface area contributed by atoms with Gasteiger partial charge in [-0.15, -0.1) is 0 Å². The molecule has 1 amide bonds. The van der Waals surface area contributed by atoms with E-state index in [0.29, 0.717) is 55.1 Å². The van der Waals surface area contributed by atoms with E-state index < -0.39 is 5.41 Å². The smallest absolute Gasteiger partial charge is 0.311 e. The maximum absolute atomic E-state index is 13.7. The number of fused-ring (bicyclic) bond motifs is 4. The zero-order chi connectivity index (χ0) is 23.2. The Balaban J connectivity index is 1.53. The molecule has 7 heteroatoms. The molecule has 3 saturated carbocycles. The van der Waals surface area contributed by atoms with E-state index in [1.165, 1.54) is 7.11 Å². The average molecular weight is 509 g/mol. The van der Waals surface area contributed by atoms with E-state index in [0.717, 1.165) is 10.0 Å². The van der Waals surface area contributed by atoms with Crippen LogP contribution in [0.4, 0.5) is 0 Å². The van der Waals surface area contributed by atoms with Crippen LogP contribution in [0.2, 0.25) is 0 Å². The van der Waals surface area contributed by atoms with Crippen LogP contribution in [0.5, 0.6) is 5.75 Å². The average Bonchev–Trinajstić information content (AvgIpc) is 2.84. The molecule has 170 valence electrons. The van der Waals surface area contributed by atoms with E-state index in [-0.39, 0.29) is 28.7 Å². The molecule has 2 bridgehead atoms. The number of rotatable bonds is 4. The Morgan fingerprint density at radius 1 is 1.03 bits per heavy atom. The molecule has 6 nitrogen and oxygen atoms in total. The highest BCUT2D eigenvalue weighted by molar-refractivity contribution is 9.10. The van der Waals surface area contributed by atoms with Crippen molar-refractivity contribution in [3.8, 4) is 17.0 Å². The fourth-order valence-corrected chi connectivity index (χ4v) is 5.81. The third kappa shape index (κ3) is 3.68. The predicted molar refractivity (Wildman–Crippen MR) is 129 cm³/mol. The lowest BCUT2D eigenvalue weighted by atomic mass is 9.57. The third-order valence-electron chi connectivity index (χ3n) is 7.44. The van der Waals surface area contributed by atoms with E-state index in [2.05, 4.69) is 26.2 Å². The molecule has 0 spiro atoms. The quantitative estimate of drug-likeness (QED) is 0.462. The van der Waals surface area contributed by atoms with Gasteiger partial charge in [0.1, 0.15) is 5.69 Å². The van der Waals surface area contributed by atoms with Crippen molar-refractivity contribution in [1.29, 1.82) is 0 Å². The molecule has 0 aliphatic heterocycles. The van der Waals surface area contributed by atoms with Gasteiger partial charge >= 0.3 is 5.97 Å². The van der Waals surface area contributed by atoms with Crippen LogP contribution in [-0.4, -0.2) is 34.6 Å². The minimum atomic E-state index is -0.419. The van der Waals surface area contributed by atoms with Crippen LogP contribution in [0, 0.1) is 5.41 Å². The molecular formula is C26H25BrN2O4. The van der Waals surface area contributed by atoms with Crippen LogP contribution in [0.25, 0.3) is 22.2 Å². The molecule has 6 rings (SSSR count). The number of hydrogen-bond donors (Lipinski definition) is 2. The minimum absolute atomic E-state index is 0.128. The lowest BCUT2D eigenvalue weighted by Gasteiger charge is -2.52. The fourth-order valence-electron chi connectivity index (χ4n) is 5.45. The highest BCUT2D eigenvalue weighted by Gasteiger charge is 2.53. The second kappa shape index (κ2) is 8.13. The molecule has 0 unspecified atom stereocenters. The summed E-state index contributed by atoms with van der Waals surface area (Å²) in [4.78, 5) is 30.7. The zero-order valence-electron chi connectivity index (χ0n) is 18.4. The Labute approximate surface area is 200 Å². The van der Waals surface area contributed by atoms with Gasteiger partial charge in [0.2, 0.25) is 0 Å². The number of esters is 1. The van der Waals surface area contributed by atoms with Gasteiger partial charge in [0.25, 0.3) is 5.91 Å². The number of methoxy groups -OCH3 is 1. The molecule has 3 aromatic rings. The number of halogens is 1. The summed E-state index contributed by atoms with van der Waals surface area (Å²) in [6.45, 7) is 0. The molecule has 33 heavy (non-hydrogen) atoms. The van der Waals surface area contributed by atoms with Crippen LogP contribution in [-0.2, 0) is 9.53 Å². The molecule has 3 aliphatic rings. The van der Waals surface area contributed by atoms with Gasteiger partial charge in [-0.25, -0.2) is 4.98 Å². The number of benzene rings is 2. The lowest BCUT2D eigenvalue weighted by Crippen LogP contribution is -2.58. The highest BCUT2D eigenvalue weighted by atomic mass is 79.9. The normalized spacial score (nSPS) is 23.9. The number of aromatic nitrogens is 1. The van der Waals surface area contributed by atoms with Gasteiger partial charge in [-0.05, 0) is 56.7 Å². The van der Waals surface area contributed by atoms with Crippen molar-refractivity contribution in [3.63, 3.8) is 0 Å². The molecule has 0 atom stereocenters. The number of nitrogens with one attached hydrogen (secondary N) is 1. The van der Waals surface area contributed by atoms with Gasteiger partial charge in [0.15, 0.2) is 5.75 Å². The molecule has 0 saturated heterocycles. The first-order valence-electron chi connectivity index (χ1n) is 11.2. The molecule has 1 heterocycles. The molecule has 2 aromatic carbocycles. The summed E-state index contributed by atoms with van der Waals surface area (Å²) in [5, 5.41) is 15.1. The molecule has 2 N–H and O–H groups in total. The fraction of sp³-hybridized carbons (Fsp3) is 0.346. The van der Waals surface area contributed by atoms with E-state index in [1.807, 2.05) is 48.5 Å². The maximum atomic E-state index is 13.7. The van der Waals surface area contributed by atoms with E-state index in [9.17, 15) is 14.7 Å². The number of carbonyl (C=O) groups excluding carboxylic acids is 2. The third-order valence-corrected chi connectivity index (χ3v) is 7.93. The predicted octanol–water partition coefficient (Wildman–Crippen LogP) is 5.37. The van der Waals surface area contributed by atoms with Gasteiger partial charge < -0.3 is 15.2 Å². The summed E-state index contributed by atoms with van der Waals surface area (Å²) in [7, 11) is 1.44. The van der Waals surface area contributed by atoms with Crippen LogP contribution in [0.3, 0.4) is 0 Å². The first-order valence-corrected chi connectivity index (χ1v) is 11.9. The summed E-state index contributed by atoms with van der Waals surface area (Å²) in [6.07, 6.45) is 4.24. The van der Waals surface area contributed by atoms with Crippen molar-refractivity contribution in [3.05, 3.63) is 58.6 Å². The number of aromatic hydroxyl groups is 1. The second-order valence-electron chi connectivity index (χ2n) is 9.22. The van der Waals surface area contributed by atoms with E-state index in [1.54, 1.807) is 0 Å². The van der Waals surface area contributed by atoms with Gasteiger partial charge in [-0.3, -0.25) is 9.59 Å².